The van der Waals surface area contributed by atoms with E-state index in [0.29, 0.717) is 28.0 Å². The number of methoxy groups -OCH3 is 2. The van der Waals surface area contributed by atoms with Crippen molar-refractivity contribution in [2.24, 2.45) is 5.92 Å². The van der Waals surface area contributed by atoms with Crippen LogP contribution < -0.4 is 29.7 Å². The molecule has 8 heteroatoms. The molecule has 180 valence electrons. The molecular formula is C27H27N3O4S. The Morgan fingerprint density at radius 2 is 1.74 bits per heavy atom. The summed E-state index contributed by atoms with van der Waals surface area (Å²) in [4.78, 5) is 15.8. The maximum atomic E-state index is 13.9. The summed E-state index contributed by atoms with van der Waals surface area (Å²) < 4.78 is 17.3. The first-order valence-electron chi connectivity index (χ1n) is 11.3. The third kappa shape index (κ3) is 3.83. The van der Waals surface area contributed by atoms with Crippen LogP contribution in [0.15, 0.2) is 66.7 Å². The van der Waals surface area contributed by atoms with Gasteiger partial charge in [-0.3, -0.25) is 9.69 Å². The third-order valence-corrected chi connectivity index (χ3v) is 7.00. The van der Waals surface area contributed by atoms with Crippen LogP contribution in [-0.2, 0) is 4.79 Å². The maximum absolute atomic E-state index is 13.9. The molecular weight excluding hydrogens is 462 g/mol. The number of aryl methyl sites for hydroxylation is 1. The Morgan fingerprint density at radius 1 is 1.06 bits per heavy atom. The van der Waals surface area contributed by atoms with E-state index in [2.05, 4.69) is 10.6 Å². The lowest BCUT2D eigenvalue weighted by atomic mass is 9.78. The predicted molar refractivity (Wildman–Crippen MR) is 139 cm³/mol. The van der Waals surface area contributed by atoms with E-state index in [1.54, 1.807) is 14.2 Å². The van der Waals surface area contributed by atoms with Crippen LogP contribution in [0.5, 0.6) is 17.2 Å². The fourth-order valence-electron chi connectivity index (χ4n) is 4.96. The average Bonchev–Trinajstić information content (AvgIpc) is 2.85. The SMILES string of the molecule is COc1ccc(NC(=O)[C@H]2[C@H]3NC(=S)N(c4ccccc4C)[C@@]2(C)Oc2ccc(OC)cc23)cc1. The third-order valence-electron chi connectivity index (χ3n) is 6.70. The van der Waals surface area contributed by atoms with Crippen LogP contribution >= 0.6 is 12.2 Å². The number of ether oxygens (including phenoxy) is 3. The van der Waals surface area contributed by atoms with Crippen LogP contribution in [-0.4, -0.2) is 31.0 Å². The lowest BCUT2D eigenvalue weighted by Crippen LogP contribution is -2.72. The Balaban J connectivity index is 1.61. The molecule has 3 aromatic carbocycles. The van der Waals surface area contributed by atoms with Gasteiger partial charge in [0.05, 0.1) is 20.3 Å². The molecule has 2 heterocycles. The van der Waals surface area contributed by atoms with Gasteiger partial charge in [-0.15, -0.1) is 0 Å². The zero-order chi connectivity index (χ0) is 24.7. The Kier molecular flexibility index (Phi) is 5.76. The normalized spacial score (nSPS) is 22.4. The summed E-state index contributed by atoms with van der Waals surface area (Å²) in [5, 5.41) is 6.99. The Hall–Kier alpha value is -3.78. The summed E-state index contributed by atoms with van der Waals surface area (Å²) >= 11 is 5.84. The molecule has 2 bridgehead atoms. The summed E-state index contributed by atoms with van der Waals surface area (Å²) in [5.41, 5.74) is 2.31. The quantitative estimate of drug-likeness (QED) is 0.498. The number of hydrogen-bond donors (Lipinski definition) is 2. The van der Waals surface area contributed by atoms with Gasteiger partial charge in [0, 0.05) is 16.9 Å². The molecule has 0 radical (unpaired) electrons. The van der Waals surface area contributed by atoms with Gasteiger partial charge < -0.3 is 24.8 Å². The van der Waals surface area contributed by atoms with Gasteiger partial charge in [0.2, 0.25) is 5.91 Å². The van der Waals surface area contributed by atoms with Crippen molar-refractivity contribution in [2.45, 2.75) is 25.6 Å². The smallest absolute Gasteiger partial charge is 0.236 e. The lowest BCUT2D eigenvalue weighted by molar-refractivity contribution is -0.130. The van der Waals surface area contributed by atoms with E-state index in [4.69, 9.17) is 26.4 Å². The number of rotatable bonds is 5. The molecule has 0 aromatic heterocycles. The van der Waals surface area contributed by atoms with E-state index >= 15 is 0 Å². The number of nitrogens with zero attached hydrogens (tertiary/aromatic N) is 1. The molecule has 0 saturated carbocycles. The molecule has 7 nitrogen and oxygen atoms in total. The van der Waals surface area contributed by atoms with Crippen molar-refractivity contribution in [1.29, 1.82) is 0 Å². The molecule has 0 unspecified atom stereocenters. The zero-order valence-corrected chi connectivity index (χ0v) is 20.8. The molecule has 5 rings (SSSR count). The second-order valence-corrected chi connectivity index (χ2v) is 9.19. The minimum absolute atomic E-state index is 0.190. The Morgan fingerprint density at radius 3 is 2.43 bits per heavy atom. The van der Waals surface area contributed by atoms with Gasteiger partial charge in [0.25, 0.3) is 0 Å². The summed E-state index contributed by atoms with van der Waals surface area (Å²) in [5.74, 6) is 1.24. The molecule has 0 aliphatic carbocycles. The fraction of sp³-hybridized carbons (Fsp3) is 0.259. The predicted octanol–water partition coefficient (Wildman–Crippen LogP) is 4.81. The minimum atomic E-state index is -1.09. The van der Waals surface area contributed by atoms with Gasteiger partial charge in [-0.1, -0.05) is 18.2 Å². The average molecular weight is 490 g/mol. The topological polar surface area (TPSA) is 72.1 Å². The van der Waals surface area contributed by atoms with Gasteiger partial charge in [-0.25, -0.2) is 0 Å². The number of fused-ring (bicyclic) bond motifs is 4. The maximum Gasteiger partial charge on any atom is 0.236 e. The van der Waals surface area contributed by atoms with Crippen LogP contribution in [0, 0.1) is 12.8 Å². The highest BCUT2D eigenvalue weighted by molar-refractivity contribution is 7.80. The molecule has 1 fully saturated rings. The van der Waals surface area contributed by atoms with Crippen molar-refractivity contribution in [2.75, 3.05) is 24.4 Å². The highest BCUT2D eigenvalue weighted by Crippen LogP contribution is 2.51. The number of hydrogen-bond acceptors (Lipinski definition) is 5. The van der Waals surface area contributed by atoms with Crippen molar-refractivity contribution in [3.05, 3.63) is 77.9 Å². The Labute approximate surface area is 210 Å². The largest absolute Gasteiger partial charge is 0.497 e. The minimum Gasteiger partial charge on any atom is -0.497 e. The van der Waals surface area contributed by atoms with Crippen molar-refractivity contribution in [1.82, 2.24) is 5.32 Å². The molecule has 2 aliphatic rings. The van der Waals surface area contributed by atoms with Crippen LogP contribution in [0.2, 0.25) is 0 Å². The van der Waals surface area contributed by atoms with E-state index in [0.717, 1.165) is 16.8 Å². The van der Waals surface area contributed by atoms with E-state index in [1.165, 1.54) is 0 Å². The van der Waals surface area contributed by atoms with Gasteiger partial charge in [0.1, 0.15) is 23.2 Å². The molecule has 1 amide bonds. The van der Waals surface area contributed by atoms with Crippen molar-refractivity contribution >= 4 is 34.6 Å². The second-order valence-electron chi connectivity index (χ2n) is 8.80. The number of para-hydroxylation sites is 1. The highest BCUT2D eigenvalue weighted by Gasteiger charge is 2.59. The first kappa shape index (κ1) is 23.0. The number of carbonyl (C=O) groups is 1. The van der Waals surface area contributed by atoms with E-state index in [9.17, 15) is 4.79 Å². The van der Waals surface area contributed by atoms with Crippen molar-refractivity contribution in [3.8, 4) is 17.2 Å². The number of thiocarbonyl (C=S) groups is 1. The molecule has 2 N–H and O–H groups in total. The molecule has 3 atom stereocenters. The van der Waals surface area contributed by atoms with Gasteiger partial charge in [-0.2, -0.15) is 0 Å². The standard InChI is InChI=1S/C27H27N3O4S/c1-16-7-5-6-8-21(16)30-26(35)29-24-20-15-19(33-4)13-14-22(20)34-27(30,2)23(24)25(31)28-17-9-11-18(32-3)12-10-17/h5-15,23-24H,1-4H3,(H,28,31)(H,29,35)/t23-,24+,27+/m1/s1. The van der Waals surface area contributed by atoms with Crippen molar-refractivity contribution in [3.63, 3.8) is 0 Å². The molecule has 1 saturated heterocycles. The second kappa shape index (κ2) is 8.78. The molecule has 2 aliphatic heterocycles. The summed E-state index contributed by atoms with van der Waals surface area (Å²) in [6, 6.07) is 20.4. The molecule has 35 heavy (non-hydrogen) atoms. The van der Waals surface area contributed by atoms with Crippen LogP contribution in [0.1, 0.15) is 24.1 Å². The summed E-state index contributed by atoms with van der Waals surface area (Å²) in [6.45, 7) is 3.94. The number of amides is 1. The highest BCUT2D eigenvalue weighted by atomic mass is 32.1. The van der Waals surface area contributed by atoms with Crippen LogP contribution in [0.4, 0.5) is 11.4 Å². The van der Waals surface area contributed by atoms with Gasteiger partial charge >= 0.3 is 0 Å². The lowest BCUT2D eigenvalue weighted by Gasteiger charge is -2.56. The summed E-state index contributed by atoms with van der Waals surface area (Å²) in [6.07, 6.45) is 0. The first-order valence-corrected chi connectivity index (χ1v) is 11.7. The summed E-state index contributed by atoms with van der Waals surface area (Å²) in [7, 11) is 3.22. The Bertz CT molecular complexity index is 1300. The number of anilines is 2. The zero-order valence-electron chi connectivity index (χ0n) is 20.0. The first-order chi connectivity index (χ1) is 16.9. The molecule has 0 spiro atoms. The number of carbonyl (C=O) groups excluding carboxylic acids is 1. The number of nitrogens with one attached hydrogen (secondary N) is 2. The van der Waals surface area contributed by atoms with E-state index in [-0.39, 0.29) is 5.91 Å². The van der Waals surface area contributed by atoms with Gasteiger partial charge in [-0.05, 0) is 80.2 Å². The van der Waals surface area contributed by atoms with Crippen LogP contribution in [0.25, 0.3) is 0 Å². The monoisotopic (exact) mass is 489 g/mol. The van der Waals surface area contributed by atoms with Gasteiger partial charge in [0.15, 0.2) is 10.8 Å². The van der Waals surface area contributed by atoms with E-state index in [1.807, 2.05) is 85.5 Å². The van der Waals surface area contributed by atoms with Crippen LogP contribution in [0.3, 0.4) is 0 Å². The van der Waals surface area contributed by atoms with E-state index < -0.39 is 17.7 Å². The molecule has 3 aromatic rings. The van der Waals surface area contributed by atoms with Crippen molar-refractivity contribution < 1.29 is 19.0 Å². The fourth-order valence-corrected chi connectivity index (χ4v) is 5.37. The number of benzene rings is 3.